The van der Waals surface area contributed by atoms with Crippen LogP contribution in [0.5, 0.6) is 5.88 Å². The van der Waals surface area contributed by atoms with Gasteiger partial charge < -0.3 is 20.1 Å². The lowest BCUT2D eigenvalue weighted by Crippen LogP contribution is -2.40. The van der Waals surface area contributed by atoms with E-state index in [4.69, 9.17) is 21.4 Å². The van der Waals surface area contributed by atoms with Crippen molar-refractivity contribution in [2.24, 2.45) is 0 Å². The van der Waals surface area contributed by atoms with Crippen LogP contribution in [0, 0.1) is 11.6 Å². The summed E-state index contributed by atoms with van der Waals surface area (Å²) >= 11 is 6.19. The predicted molar refractivity (Wildman–Crippen MR) is 110 cm³/mol. The molecule has 1 fully saturated rings. The third-order valence-corrected chi connectivity index (χ3v) is 5.21. The van der Waals surface area contributed by atoms with Gasteiger partial charge in [-0.1, -0.05) is 11.6 Å². The second-order valence-corrected chi connectivity index (χ2v) is 7.86. The second kappa shape index (κ2) is 9.61. The lowest BCUT2D eigenvalue weighted by Gasteiger charge is -2.25. The fourth-order valence-corrected chi connectivity index (χ4v) is 3.57. The van der Waals surface area contributed by atoms with Gasteiger partial charge in [-0.05, 0) is 32.4 Å². The van der Waals surface area contributed by atoms with E-state index in [1.54, 1.807) is 13.8 Å². The number of anilines is 1. The van der Waals surface area contributed by atoms with E-state index >= 15 is 0 Å². The van der Waals surface area contributed by atoms with Crippen LogP contribution in [-0.4, -0.2) is 46.3 Å². The highest BCUT2D eigenvalue weighted by Crippen LogP contribution is 2.27. The number of ether oxygens (including phenoxy) is 1. The molecule has 0 bridgehead atoms. The Balaban J connectivity index is 1.89. The molecule has 1 aliphatic heterocycles. The molecular weight excluding hydrogens is 434 g/mol. The standard InChI is InChI=1S/C20H23ClF2N4O4/c1-11(2)27-19(30)17(21)18(31-10-12-3-4-13(22)7-15(12)23)25-20(27)26-6-5-14(8-26)24-16(29)9-28/h3-4,7,11,14,28H,5-6,8-10H2,1-2H3,(H,24,29). The van der Waals surface area contributed by atoms with E-state index in [-0.39, 0.29) is 35.2 Å². The molecule has 0 saturated carbocycles. The molecule has 3 rings (SSSR count). The summed E-state index contributed by atoms with van der Waals surface area (Å²) in [4.78, 5) is 30.6. The molecule has 2 aromatic rings. The number of benzene rings is 1. The second-order valence-electron chi connectivity index (χ2n) is 7.48. The van der Waals surface area contributed by atoms with E-state index in [1.807, 2.05) is 4.90 Å². The Morgan fingerprint density at radius 1 is 1.42 bits per heavy atom. The van der Waals surface area contributed by atoms with Gasteiger partial charge in [-0.2, -0.15) is 4.98 Å². The first-order valence-corrected chi connectivity index (χ1v) is 10.1. The van der Waals surface area contributed by atoms with Crippen LogP contribution in [0.1, 0.15) is 31.9 Å². The number of hydrogen-bond donors (Lipinski definition) is 2. The molecule has 1 saturated heterocycles. The number of hydrogen-bond acceptors (Lipinski definition) is 6. The van der Waals surface area contributed by atoms with Crippen LogP contribution in [0.4, 0.5) is 14.7 Å². The highest BCUT2D eigenvalue weighted by Gasteiger charge is 2.29. The number of aliphatic hydroxyl groups excluding tert-OH is 1. The first kappa shape index (κ1) is 23.0. The van der Waals surface area contributed by atoms with Crippen LogP contribution in [0.2, 0.25) is 5.02 Å². The van der Waals surface area contributed by atoms with Crippen molar-refractivity contribution in [2.45, 2.75) is 39.0 Å². The van der Waals surface area contributed by atoms with Crippen LogP contribution in [0.25, 0.3) is 0 Å². The van der Waals surface area contributed by atoms with Gasteiger partial charge in [0.25, 0.3) is 5.56 Å². The van der Waals surface area contributed by atoms with Gasteiger partial charge in [0.2, 0.25) is 17.7 Å². The summed E-state index contributed by atoms with van der Waals surface area (Å²) in [5, 5.41) is 11.4. The number of rotatable bonds is 7. The predicted octanol–water partition coefficient (Wildman–Crippen LogP) is 2.02. The fraction of sp³-hybridized carbons (Fsp3) is 0.450. The Bertz CT molecular complexity index is 1030. The number of nitrogens with zero attached hydrogens (tertiary/aromatic N) is 3. The lowest BCUT2D eigenvalue weighted by atomic mass is 10.2. The van der Waals surface area contributed by atoms with Crippen molar-refractivity contribution >= 4 is 23.5 Å². The van der Waals surface area contributed by atoms with Crippen molar-refractivity contribution in [3.05, 3.63) is 50.8 Å². The Labute approximate surface area is 182 Å². The van der Waals surface area contributed by atoms with E-state index in [1.165, 1.54) is 10.6 Å². The number of amides is 1. The molecule has 1 aromatic carbocycles. The maximum absolute atomic E-state index is 13.9. The minimum Gasteiger partial charge on any atom is -0.471 e. The normalized spacial score (nSPS) is 16.1. The monoisotopic (exact) mass is 456 g/mol. The van der Waals surface area contributed by atoms with E-state index in [9.17, 15) is 18.4 Å². The molecule has 1 aliphatic rings. The summed E-state index contributed by atoms with van der Waals surface area (Å²) in [5.41, 5.74) is -0.430. The van der Waals surface area contributed by atoms with Gasteiger partial charge in [-0.25, -0.2) is 8.78 Å². The zero-order valence-electron chi connectivity index (χ0n) is 17.1. The summed E-state index contributed by atoms with van der Waals surface area (Å²) in [6, 6.07) is 2.60. The number of carbonyl (C=O) groups is 1. The summed E-state index contributed by atoms with van der Waals surface area (Å²) in [6.07, 6.45) is 0.597. The van der Waals surface area contributed by atoms with Crippen LogP contribution >= 0.6 is 11.6 Å². The molecule has 2 N–H and O–H groups in total. The third-order valence-electron chi connectivity index (χ3n) is 4.89. The molecule has 31 heavy (non-hydrogen) atoms. The summed E-state index contributed by atoms with van der Waals surface area (Å²) in [7, 11) is 0. The largest absolute Gasteiger partial charge is 0.471 e. The average molecular weight is 457 g/mol. The maximum atomic E-state index is 13.9. The smallest absolute Gasteiger partial charge is 0.277 e. The Morgan fingerprint density at radius 3 is 2.81 bits per heavy atom. The summed E-state index contributed by atoms with van der Waals surface area (Å²) in [5.74, 6) is -1.84. The van der Waals surface area contributed by atoms with Crippen LogP contribution in [-0.2, 0) is 11.4 Å². The molecule has 0 spiro atoms. The molecule has 11 heteroatoms. The van der Waals surface area contributed by atoms with Crippen molar-refractivity contribution in [2.75, 3.05) is 24.6 Å². The SMILES string of the molecule is CC(C)n1c(N2CCC(NC(=O)CO)C2)nc(OCc2ccc(F)cc2F)c(Cl)c1=O. The van der Waals surface area contributed by atoms with Gasteiger partial charge in [0.05, 0.1) is 0 Å². The topological polar surface area (TPSA) is 96.7 Å². The van der Waals surface area contributed by atoms with E-state index in [0.29, 0.717) is 25.5 Å². The van der Waals surface area contributed by atoms with Gasteiger partial charge in [-0.15, -0.1) is 0 Å². The van der Waals surface area contributed by atoms with Crippen molar-refractivity contribution in [1.82, 2.24) is 14.9 Å². The molecular formula is C20H23ClF2N4O4. The van der Waals surface area contributed by atoms with Crippen molar-refractivity contribution < 1.29 is 23.4 Å². The number of nitrogens with one attached hydrogen (secondary N) is 1. The molecule has 8 nitrogen and oxygen atoms in total. The fourth-order valence-electron chi connectivity index (χ4n) is 3.38. The van der Waals surface area contributed by atoms with Gasteiger partial charge in [0.1, 0.15) is 24.8 Å². The minimum absolute atomic E-state index is 0.0850. The summed E-state index contributed by atoms with van der Waals surface area (Å²) in [6.45, 7) is 3.58. The third kappa shape index (κ3) is 5.13. The number of aromatic nitrogens is 2. The Hall–Kier alpha value is -2.72. The van der Waals surface area contributed by atoms with Crippen molar-refractivity contribution in [3.63, 3.8) is 0 Å². The highest BCUT2D eigenvalue weighted by molar-refractivity contribution is 6.31. The number of halogens is 3. The quantitative estimate of drug-likeness (QED) is 0.661. The molecule has 168 valence electrons. The molecule has 2 heterocycles. The zero-order chi connectivity index (χ0) is 22.7. The first-order valence-electron chi connectivity index (χ1n) is 9.75. The summed E-state index contributed by atoms with van der Waals surface area (Å²) < 4.78 is 33.9. The lowest BCUT2D eigenvalue weighted by molar-refractivity contribution is -0.124. The highest BCUT2D eigenvalue weighted by atomic mass is 35.5. The number of carbonyl (C=O) groups excluding carboxylic acids is 1. The van der Waals surface area contributed by atoms with Crippen LogP contribution in [0.3, 0.4) is 0 Å². The van der Waals surface area contributed by atoms with Crippen LogP contribution < -0.4 is 20.5 Å². The first-order chi connectivity index (χ1) is 14.7. The number of aliphatic hydroxyl groups is 1. The van der Waals surface area contributed by atoms with Gasteiger partial charge in [0.15, 0.2) is 5.02 Å². The van der Waals surface area contributed by atoms with E-state index < -0.39 is 29.7 Å². The van der Waals surface area contributed by atoms with Crippen LogP contribution in [0.15, 0.2) is 23.0 Å². The van der Waals surface area contributed by atoms with Crippen molar-refractivity contribution in [1.29, 1.82) is 0 Å². The van der Waals surface area contributed by atoms with Gasteiger partial charge >= 0.3 is 0 Å². The van der Waals surface area contributed by atoms with Crippen molar-refractivity contribution in [3.8, 4) is 5.88 Å². The molecule has 1 unspecified atom stereocenters. The van der Waals surface area contributed by atoms with E-state index in [0.717, 1.165) is 12.1 Å². The van der Waals surface area contributed by atoms with Gasteiger partial charge in [0, 0.05) is 36.8 Å². The molecule has 0 radical (unpaired) electrons. The minimum atomic E-state index is -0.783. The van der Waals surface area contributed by atoms with E-state index in [2.05, 4.69) is 10.3 Å². The Kier molecular flexibility index (Phi) is 7.11. The maximum Gasteiger partial charge on any atom is 0.277 e. The molecule has 1 aromatic heterocycles. The average Bonchev–Trinajstić information content (AvgIpc) is 3.17. The van der Waals surface area contributed by atoms with Gasteiger partial charge in [-0.3, -0.25) is 14.2 Å². The molecule has 0 aliphatic carbocycles. The molecule has 1 atom stereocenters. The zero-order valence-corrected chi connectivity index (χ0v) is 17.8. The molecule has 1 amide bonds. The Morgan fingerprint density at radius 2 is 2.16 bits per heavy atom.